The van der Waals surface area contributed by atoms with Crippen molar-refractivity contribution in [2.45, 2.75) is 392 Å². The summed E-state index contributed by atoms with van der Waals surface area (Å²) in [7, 11) is 4.29. The van der Waals surface area contributed by atoms with E-state index in [0.29, 0.717) is 12.8 Å². The summed E-state index contributed by atoms with van der Waals surface area (Å²) in [5, 5.41) is 0. The van der Waals surface area contributed by atoms with Crippen LogP contribution in [-0.4, -0.2) is 68.2 Å². The van der Waals surface area contributed by atoms with Crippen molar-refractivity contribution in [3.63, 3.8) is 0 Å². The van der Waals surface area contributed by atoms with Crippen LogP contribution in [0.1, 0.15) is 368 Å². The molecule has 1 unspecified atom stereocenters. The van der Waals surface area contributed by atoms with Crippen molar-refractivity contribution in [3.05, 3.63) is 72.9 Å². The monoisotopic (exact) mass is 1200 g/mol. The molecule has 1 saturated heterocycles. The third-order valence-corrected chi connectivity index (χ3v) is 17.3. The summed E-state index contributed by atoms with van der Waals surface area (Å²) in [4.78, 5) is 28.0. The molecule has 500 valence electrons. The lowest BCUT2D eigenvalue weighted by Gasteiger charge is -2.29. The fraction of sp³-hybridized carbons (Fsp3) is 0.823. The highest BCUT2D eigenvalue weighted by Crippen LogP contribution is 2.36. The number of hydrogen-bond acceptors (Lipinski definition) is 7. The van der Waals surface area contributed by atoms with E-state index in [1.165, 1.54) is 205 Å². The van der Waals surface area contributed by atoms with Gasteiger partial charge in [0.05, 0.1) is 12.7 Å². The molecule has 7 nitrogen and oxygen atoms in total. The van der Waals surface area contributed by atoms with Gasteiger partial charge in [-0.25, -0.2) is 0 Å². The van der Waals surface area contributed by atoms with Gasteiger partial charge in [0.2, 0.25) is 0 Å². The number of unbranched alkanes of at least 4 members (excludes halogenated alkanes) is 34. The summed E-state index contributed by atoms with van der Waals surface area (Å²) in [6.07, 6.45) is 88.9. The van der Waals surface area contributed by atoms with E-state index in [4.69, 9.17) is 18.9 Å². The van der Waals surface area contributed by atoms with Crippen molar-refractivity contribution in [3.8, 4) is 0 Å². The number of hydrogen-bond donors (Lipinski definition) is 0. The smallest absolute Gasteiger partial charge is 0.306 e. The van der Waals surface area contributed by atoms with Gasteiger partial charge in [0.25, 0.3) is 0 Å². The van der Waals surface area contributed by atoms with Gasteiger partial charge >= 0.3 is 11.9 Å². The minimum absolute atomic E-state index is 0.000910. The van der Waals surface area contributed by atoms with Gasteiger partial charge in [0, 0.05) is 45.1 Å². The van der Waals surface area contributed by atoms with Gasteiger partial charge in [0.15, 0.2) is 5.79 Å². The lowest BCUT2D eigenvalue weighted by atomic mass is 9.98. The van der Waals surface area contributed by atoms with Gasteiger partial charge in [-0.2, -0.15) is 0 Å². The summed E-state index contributed by atoms with van der Waals surface area (Å²) < 4.78 is 25.5. The fourth-order valence-corrected chi connectivity index (χ4v) is 11.7. The fourth-order valence-electron chi connectivity index (χ4n) is 11.7. The van der Waals surface area contributed by atoms with Crippen LogP contribution in [0, 0.1) is 0 Å². The van der Waals surface area contributed by atoms with Crippen molar-refractivity contribution < 1.29 is 28.5 Å². The molecule has 0 spiro atoms. The number of esters is 2. The van der Waals surface area contributed by atoms with Crippen LogP contribution >= 0.6 is 0 Å². The zero-order valence-corrected chi connectivity index (χ0v) is 57.9. The van der Waals surface area contributed by atoms with Crippen LogP contribution in [0.3, 0.4) is 0 Å². The molecule has 0 radical (unpaired) electrons. The SMILES string of the molecule is CCCCC/C=C\C/C=C\CCCCCCCC(=O)O[C@@H](C/C=C\CCCCCCCCC1(CCCCCCCC/C=C\C[C@@H](CCCCCC)OC(=O)CCCCCCC/C=C\C/C=C\CCCCC)OCC(CCN(C)C)O1)CCCCCC. The van der Waals surface area contributed by atoms with Gasteiger partial charge in [-0.05, 0) is 162 Å². The molecule has 0 aromatic rings. The highest BCUT2D eigenvalue weighted by Gasteiger charge is 2.40. The number of rotatable bonds is 65. The van der Waals surface area contributed by atoms with Gasteiger partial charge in [0.1, 0.15) is 12.2 Å². The van der Waals surface area contributed by atoms with Crippen LogP contribution in [0.4, 0.5) is 0 Å². The Morgan fingerprint density at radius 3 is 1.09 bits per heavy atom. The summed E-state index contributed by atoms with van der Waals surface area (Å²) in [6, 6.07) is 0. The predicted molar refractivity (Wildman–Crippen MR) is 374 cm³/mol. The van der Waals surface area contributed by atoms with Gasteiger partial charge in [-0.3, -0.25) is 9.59 Å². The minimum atomic E-state index is -0.401. The quantitative estimate of drug-likeness (QED) is 0.0341. The summed E-state index contributed by atoms with van der Waals surface area (Å²) in [5.41, 5.74) is 0. The minimum Gasteiger partial charge on any atom is -0.462 e. The third-order valence-electron chi connectivity index (χ3n) is 17.3. The van der Waals surface area contributed by atoms with E-state index in [0.717, 1.165) is 135 Å². The molecule has 0 bridgehead atoms. The largest absolute Gasteiger partial charge is 0.462 e. The van der Waals surface area contributed by atoms with E-state index >= 15 is 0 Å². The number of ether oxygens (including phenoxy) is 4. The molecule has 1 fully saturated rings. The molecule has 7 heteroatoms. The van der Waals surface area contributed by atoms with Crippen molar-refractivity contribution in [1.82, 2.24) is 4.90 Å². The third kappa shape index (κ3) is 55.3. The molecule has 0 N–H and O–H groups in total. The molecule has 0 saturated carbocycles. The Morgan fingerprint density at radius 1 is 0.407 bits per heavy atom. The number of nitrogens with zero attached hydrogens (tertiary/aromatic N) is 1. The maximum absolute atomic E-state index is 12.9. The van der Waals surface area contributed by atoms with Gasteiger partial charge in [-0.15, -0.1) is 0 Å². The Balaban J connectivity index is 2.33. The molecule has 1 rings (SSSR count). The Bertz CT molecular complexity index is 1540. The van der Waals surface area contributed by atoms with Crippen LogP contribution < -0.4 is 0 Å². The lowest BCUT2D eigenvalue weighted by Crippen LogP contribution is -2.31. The zero-order chi connectivity index (χ0) is 62.2. The lowest BCUT2D eigenvalue weighted by molar-refractivity contribution is -0.180. The first kappa shape index (κ1) is 81.3. The van der Waals surface area contributed by atoms with Crippen molar-refractivity contribution >= 4 is 11.9 Å². The molecule has 3 atom stereocenters. The molecule has 0 aliphatic carbocycles. The Hall–Kier alpha value is -2.74. The van der Waals surface area contributed by atoms with E-state index in [1.54, 1.807) is 0 Å². The molecular formula is C79H143NO6. The van der Waals surface area contributed by atoms with Crippen LogP contribution in [0.15, 0.2) is 72.9 Å². The first-order valence-corrected chi connectivity index (χ1v) is 37.5. The van der Waals surface area contributed by atoms with Crippen molar-refractivity contribution in [2.75, 3.05) is 27.2 Å². The standard InChI is InChI=1S/C79H143NO6/c1-7-11-15-19-21-23-25-27-29-31-33-39-45-51-59-67-77(81)84-74(63-55-17-13-9-3)65-57-49-43-37-35-41-47-53-61-70-79(83-73-76(86-79)69-72-80(5)6)71-62-54-48-42-36-38-44-50-58-66-75(64-56-18-14-10-4)85-78(82)68-60-52-46-40-34-32-30-28-26-24-22-20-16-12-8-2/h21-24,27-30,49-50,57-58,74-76H,7-20,25-26,31-48,51-56,59-73H2,1-6H3/b23-21-,24-22-,29-27-,30-28-,57-49-,58-50-/t74-,75-,76?/m1/s1. The topological polar surface area (TPSA) is 74.3 Å². The molecular weight excluding hydrogens is 1060 g/mol. The Kier molecular flexibility index (Phi) is 60.3. The van der Waals surface area contributed by atoms with E-state index in [9.17, 15) is 9.59 Å². The summed E-state index contributed by atoms with van der Waals surface area (Å²) in [5.74, 6) is -0.399. The predicted octanol–water partition coefficient (Wildman–Crippen LogP) is 24.6. The van der Waals surface area contributed by atoms with Crippen LogP contribution in [0.5, 0.6) is 0 Å². The normalized spacial score (nSPS) is 15.4. The second-order valence-electron chi connectivity index (χ2n) is 26.2. The molecule has 86 heavy (non-hydrogen) atoms. The summed E-state index contributed by atoms with van der Waals surface area (Å²) in [6.45, 7) is 10.8. The average molecular weight is 1200 g/mol. The van der Waals surface area contributed by atoms with E-state index in [1.807, 2.05) is 0 Å². The van der Waals surface area contributed by atoms with Gasteiger partial charge < -0.3 is 23.8 Å². The number of allylic oxidation sites excluding steroid dienone is 10. The molecule has 0 aromatic heterocycles. The van der Waals surface area contributed by atoms with Crippen LogP contribution in [-0.2, 0) is 28.5 Å². The van der Waals surface area contributed by atoms with Gasteiger partial charge in [-0.1, -0.05) is 255 Å². The van der Waals surface area contributed by atoms with E-state index in [2.05, 4.69) is 120 Å². The molecule has 0 aromatic carbocycles. The molecule has 0 amide bonds. The summed E-state index contributed by atoms with van der Waals surface area (Å²) >= 11 is 0. The Labute approximate surface area is 535 Å². The Morgan fingerprint density at radius 2 is 0.721 bits per heavy atom. The number of carbonyl (C=O) groups excluding carboxylic acids is 2. The molecule has 1 aliphatic rings. The maximum Gasteiger partial charge on any atom is 0.306 e. The second kappa shape index (κ2) is 63.8. The zero-order valence-electron chi connectivity index (χ0n) is 57.9. The number of carbonyl (C=O) groups is 2. The van der Waals surface area contributed by atoms with Crippen molar-refractivity contribution in [2.24, 2.45) is 0 Å². The molecule has 1 aliphatic heterocycles. The highest BCUT2D eigenvalue weighted by molar-refractivity contribution is 5.69. The van der Waals surface area contributed by atoms with E-state index in [-0.39, 0.29) is 30.3 Å². The first-order chi connectivity index (χ1) is 42.3. The highest BCUT2D eigenvalue weighted by atomic mass is 16.7. The van der Waals surface area contributed by atoms with Crippen LogP contribution in [0.2, 0.25) is 0 Å². The first-order valence-electron chi connectivity index (χ1n) is 37.5. The maximum atomic E-state index is 12.9. The van der Waals surface area contributed by atoms with Crippen molar-refractivity contribution in [1.29, 1.82) is 0 Å². The van der Waals surface area contributed by atoms with E-state index < -0.39 is 5.79 Å². The van der Waals surface area contributed by atoms with Crippen LogP contribution in [0.25, 0.3) is 0 Å². The second-order valence-corrected chi connectivity index (χ2v) is 26.2. The average Bonchev–Trinajstić information content (AvgIpc) is 3.22. The molecule has 1 heterocycles.